The molecule has 0 bridgehead atoms. The van der Waals surface area contributed by atoms with E-state index in [1.807, 2.05) is 0 Å². The van der Waals surface area contributed by atoms with Crippen LogP contribution >= 0.6 is 0 Å². The van der Waals surface area contributed by atoms with Gasteiger partial charge in [0.05, 0.1) is 19.8 Å². The van der Waals surface area contributed by atoms with E-state index in [1.54, 1.807) is 12.1 Å². The lowest BCUT2D eigenvalue weighted by Crippen LogP contribution is -2.02. The van der Waals surface area contributed by atoms with Crippen LogP contribution in [0.25, 0.3) is 0 Å². The normalized spacial score (nSPS) is 16.6. The van der Waals surface area contributed by atoms with Gasteiger partial charge in [-0.15, -0.1) is 0 Å². The first-order chi connectivity index (χ1) is 9.60. The lowest BCUT2D eigenvalue weighted by Gasteiger charge is -2.15. The van der Waals surface area contributed by atoms with E-state index in [0.717, 1.165) is 11.1 Å². The largest absolute Gasteiger partial charge is 0.497 e. The van der Waals surface area contributed by atoms with Crippen LogP contribution in [0, 0.1) is 0 Å². The summed E-state index contributed by atoms with van der Waals surface area (Å²) in [6.07, 6.45) is 0.543. The fourth-order valence-electron chi connectivity index (χ4n) is 2.31. The quantitative estimate of drug-likeness (QED) is 0.638. The molecule has 5 heteroatoms. The van der Waals surface area contributed by atoms with Crippen LogP contribution in [-0.4, -0.2) is 31.9 Å². The number of esters is 1. The molecule has 1 aliphatic rings. The minimum atomic E-state index is -0.419. The average molecular weight is 278 g/mol. The maximum absolute atomic E-state index is 11.9. The molecule has 1 aromatic rings. The molecule has 0 saturated heterocycles. The number of aliphatic hydroxyl groups excluding tert-OH is 1. The van der Waals surface area contributed by atoms with E-state index < -0.39 is 6.10 Å². The Morgan fingerprint density at radius 2 is 2.15 bits per heavy atom. The summed E-state index contributed by atoms with van der Waals surface area (Å²) in [7, 11) is 3.07. The van der Waals surface area contributed by atoms with Crippen molar-refractivity contribution >= 4 is 5.97 Å². The number of carbonyl (C=O) groups excluding carboxylic acids is 1. The highest BCUT2D eigenvalue weighted by Gasteiger charge is 2.35. The number of hydrogen-bond donors (Lipinski definition) is 1. The maximum Gasteiger partial charge on any atom is 0.339 e. The van der Waals surface area contributed by atoms with Crippen LogP contribution in [0.3, 0.4) is 0 Å². The zero-order valence-electron chi connectivity index (χ0n) is 11.6. The Labute approximate surface area is 117 Å². The molecule has 108 valence electrons. The van der Waals surface area contributed by atoms with Crippen molar-refractivity contribution < 1.29 is 24.1 Å². The van der Waals surface area contributed by atoms with Gasteiger partial charge in [-0.3, -0.25) is 0 Å². The predicted molar refractivity (Wildman–Crippen MR) is 73.2 cm³/mol. The van der Waals surface area contributed by atoms with Gasteiger partial charge < -0.3 is 19.3 Å². The molecule has 0 amide bonds. The third-order valence-electron chi connectivity index (χ3n) is 3.30. The van der Waals surface area contributed by atoms with Gasteiger partial charge in [-0.2, -0.15) is 0 Å². The van der Waals surface area contributed by atoms with Gasteiger partial charge in [-0.1, -0.05) is 12.2 Å². The number of ether oxygens (including phenoxy) is 3. The van der Waals surface area contributed by atoms with Crippen LogP contribution in [0.1, 0.15) is 34.9 Å². The number of cyclic esters (lactones) is 1. The molecular formula is C15H18O5. The second kappa shape index (κ2) is 5.96. The number of rotatable bonds is 6. The van der Waals surface area contributed by atoms with Gasteiger partial charge in [0, 0.05) is 24.7 Å². The van der Waals surface area contributed by atoms with Crippen LogP contribution in [0.4, 0.5) is 0 Å². The van der Waals surface area contributed by atoms with E-state index in [9.17, 15) is 4.79 Å². The van der Waals surface area contributed by atoms with E-state index in [4.69, 9.17) is 19.3 Å². The molecule has 0 aliphatic carbocycles. The number of carbonyl (C=O) groups is 1. The Morgan fingerprint density at radius 3 is 2.75 bits per heavy atom. The highest BCUT2D eigenvalue weighted by atomic mass is 16.6. The molecule has 5 nitrogen and oxygen atoms in total. The standard InChI is InChI=1S/C15H18O5/c1-9(4-5-16)6-13-14-11(15(17)20-13)7-10(18-2)8-12(14)19-3/h7-8,13,16H,1,4-6H2,2-3H3. The molecule has 1 aliphatic heterocycles. The van der Waals surface area contributed by atoms with E-state index in [-0.39, 0.29) is 12.6 Å². The SMILES string of the molecule is C=C(CCO)CC1OC(=O)c2cc(OC)cc(OC)c21. The van der Waals surface area contributed by atoms with E-state index >= 15 is 0 Å². The van der Waals surface area contributed by atoms with Crippen LogP contribution in [-0.2, 0) is 4.74 Å². The first-order valence-electron chi connectivity index (χ1n) is 6.35. The number of hydrogen-bond acceptors (Lipinski definition) is 5. The Bertz CT molecular complexity index is 535. The average Bonchev–Trinajstić information content (AvgIpc) is 2.74. The second-order valence-electron chi connectivity index (χ2n) is 4.61. The zero-order chi connectivity index (χ0) is 14.7. The lowest BCUT2D eigenvalue weighted by molar-refractivity contribution is 0.0383. The summed E-state index contributed by atoms with van der Waals surface area (Å²) < 4.78 is 15.8. The van der Waals surface area contributed by atoms with Crippen molar-refractivity contribution in [2.75, 3.05) is 20.8 Å². The van der Waals surface area contributed by atoms with Crippen LogP contribution in [0.15, 0.2) is 24.3 Å². The number of methoxy groups -OCH3 is 2. The second-order valence-corrected chi connectivity index (χ2v) is 4.61. The molecule has 0 saturated carbocycles. The van der Waals surface area contributed by atoms with Crippen molar-refractivity contribution in [3.05, 3.63) is 35.4 Å². The summed E-state index contributed by atoms with van der Waals surface area (Å²) in [5.41, 5.74) is 2.01. The van der Waals surface area contributed by atoms with E-state index in [2.05, 4.69) is 6.58 Å². The van der Waals surface area contributed by atoms with Crippen LogP contribution in [0.5, 0.6) is 11.5 Å². The van der Waals surface area contributed by atoms with E-state index in [1.165, 1.54) is 14.2 Å². The molecule has 1 aromatic carbocycles. The number of benzene rings is 1. The molecule has 1 atom stereocenters. The number of fused-ring (bicyclic) bond motifs is 1. The molecule has 0 spiro atoms. The first-order valence-corrected chi connectivity index (χ1v) is 6.35. The molecule has 0 radical (unpaired) electrons. The molecule has 20 heavy (non-hydrogen) atoms. The third kappa shape index (κ3) is 2.63. The monoisotopic (exact) mass is 278 g/mol. The van der Waals surface area contributed by atoms with E-state index in [0.29, 0.717) is 29.9 Å². The van der Waals surface area contributed by atoms with Crippen molar-refractivity contribution in [2.45, 2.75) is 18.9 Å². The molecule has 1 unspecified atom stereocenters. The topological polar surface area (TPSA) is 65.0 Å². The molecule has 1 N–H and O–H groups in total. The van der Waals surface area contributed by atoms with Gasteiger partial charge in [0.25, 0.3) is 0 Å². The highest BCUT2D eigenvalue weighted by Crippen LogP contribution is 2.43. The smallest absolute Gasteiger partial charge is 0.339 e. The summed E-state index contributed by atoms with van der Waals surface area (Å²) in [5.74, 6) is 0.721. The first kappa shape index (κ1) is 14.4. The lowest BCUT2D eigenvalue weighted by atomic mass is 9.97. The van der Waals surface area contributed by atoms with Crippen molar-refractivity contribution in [1.29, 1.82) is 0 Å². The van der Waals surface area contributed by atoms with Crippen molar-refractivity contribution in [3.63, 3.8) is 0 Å². The molecule has 1 heterocycles. The number of aliphatic hydroxyl groups is 1. The summed E-state index contributed by atoms with van der Waals surface area (Å²) in [5, 5.41) is 8.92. The van der Waals surface area contributed by atoms with Gasteiger partial charge in [-0.05, 0) is 12.5 Å². The molecular weight excluding hydrogens is 260 g/mol. The van der Waals surface area contributed by atoms with Gasteiger partial charge >= 0.3 is 5.97 Å². The summed E-state index contributed by atoms with van der Waals surface area (Å²) >= 11 is 0. The summed E-state index contributed by atoms with van der Waals surface area (Å²) in [6, 6.07) is 3.37. The maximum atomic E-state index is 11.9. The van der Waals surface area contributed by atoms with Crippen molar-refractivity contribution in [3.8, 4) is 11.5 Å². The predicted octanol–water partition coefficient (Wildman–Crippen LogP) is 2.24. The Balaban J connectivity index is 2.36. The van der Waals surface area contributed by atoms with Gasteiger partial charge in [0.2, 0.25) is 0 Å². The highest BCUT2D eigenvalue weighted by molar-refractivity contribution is 5.95. The third-order valence-corrected chi connectivity index (χ3v) is 3.30. The van der Waals surface area contributed by atoms with Crippen LogP contribution < -0.4 is 9.47 Å². The van der Waals surface area contributed by atoms with Crippen molar-refractivity contribution in [2.24, 2.45) is 0 Å². The molecule has 0 aromatic heterocycles. The van der Waals surface area contributed by atoms with Crippen molar-refractivity contribution in [1.82, 2.24) is 0 Å². The Hall–Kier alpha value is -2.01. The van der Waals surface area contributed by atoms with Gasteiger partial charge in [-0.25, -0.2) is 4.79 Å². The van der Waals surface area contributed by atoms with Gasteiger partial charge in [0.15, 0.2) is 0 Å². The summed E-state index contributed by atoms with van der Waals surface area (Å²) in [4.78, 5) is 11.9. The minimum absolute atomic E-state index is 0.0338. The van der Waals surface area contributed by atoms with Crippen LogP contribution in [0.2, 0.25) is 0 Å². The molecule has 2 rings (SSSR count). The summed E-state index contributed by atoms with van der Waals surface area (Å²) in [6.45, 7) is 3.91. The Kier molecular flexibility index (Phi) is 4.29. The zero-order valence-corrected chi connectivity index (χ0v) is 11.6. The Morgan fingerprint density at radius 1 is 1.40 bits per heavy atom. The minimum Gasteiger partial charge on any atom is -0.497 e. The fourth-order valence-corrected chi connectivity index (χ4v) is 2.31. The van der Waals surface area contributed by atoms with Gasteiger partial charge in [0.1, 0.15) is 17.6 Å². The fraction of sp³-hybridized carbons (Fsp3) is 0.400. The molecule has 0 fully saturated rings.